The molecule has 12 nitrogen and oxygen atoms in total. The first-order valence-electron chi connectivity index (χ1n) is 13.2. The molecule has 0 aliphatic heterocycles. The van der Waals surface area contributed by atoms with Crippen molar-refractivity contribution in [2.75, 3.05) is 6.54 Å². The number of aryl methyl sites for hydroxylation is 2. The van der Waals surface area contributed by atoms with Crippen LogP contribution in [0.15, 0.2) is 76.7 Å². The second kappa shape index (κ2) is 15.1. The number of hydrogen-bond donors (Lipinski definition) is 4. The molecule has 228 valence electrons. The first kappa shape index (κ1) is 33.0. The van der Waals surface area contributed by atoms with E-state index >= 15 is 0 Å². The Morgan fingerprint density at radius 2 is 1.70 bits per heavy atom. The van der Waals surface area contributed by atoms with E-state index in [0.29, 0.717) is 29.6 Å². The smallest absolute Gasteiger partial charge is 0.336 e. The van der Waals surface area contributed by atoms with Crippen molar-refractivity contribution < 1.29 is 39.2 Å². The number of benzene rings is 2. The Hall–Kier alpha value is -4.52. The summed E-state index contributed by atoms with van der Waals surface area (Å²) in [6.45, 7) is 4.82. The van der Waals surface area contributed by atoms with Crippen molar-refractivity contribution in [1.29, 1.82) is 0 Å². The first-order valence-corrected chi connectivity index (χ1v) is 13.6. The number of carboxylic acid groups (broad SMARTS) is 3. The number of aromatic nitrogens is 2. The SMILES string of the molecule is Cc1ccc2occ(CN(CCCn3ccnc3)Cc3ccccc3Cl)c(=O)c2c1.O=C(O)CC(O)(CC(=O)O)C(=O)O. The van der Waals surface area contributed by atoms with Gasteiger partial charge in [0.05, 0.1) is 30.8 Å². The number of aliphatic carboxylic acids is 3. The number of halogens is 1. The van der Waals surface area contributed by atoms with Crippen LogP contribution in [-0.2, 0) is 34.0 Å². The molecule has 2 aromatic heterocycles. The lowest BCUT2D eigenvalue weighted by atomic mass is 9.96. The second-order valence-electron chi connectivity index (χ2n) is 10.0. The summed E-state index contributed by atoms with van der Waals surface area (Å²) in [5.41, 5.74) is 0.647. The highest BCUT2D eigenvalue weighted by Crippen LogP contribution is 2.20. The molecule has 4 rings (SSSR count). The minimum atomic E-state index is -2.74. The third-order valence-corrected chi connectivity index (χ3v) is 6.85. The van der Waals surface area contributed by atoms with E-state index in [-0.39, 0.29) is 5.43 Å². The van der Waals surface area contributed by atoms with Crippen LogP contribution in [0.5, 0.6) is 0 Å². The zero-order chi connectivity index (χ0) is 31.6. The van der Waals surface area contributed by atoms with Gasteiger partial charge in [0.15, 0.2) is 11.0 Å². The van der Waals surface area contributed by atoms with Gasteiger partial charge in [-0.3, -0.25) is 19.3 Å². The van der Waals surface area contributed by atoms with Crippen molar-refractivity contribution in [2.24, 2.45) is 0 Å². The first-order chi connectivity index (χ1) is 20.4. The Balaban J connectivity index is 0.000000331. The van der Waals surface area contributed by atoms with Gasteiger partial charge >= 0.3 is 17.9 Å². The number of nitrogens with zero attached hydrogens (tertiary/aromatic N) is 3. The monoisotopic (exact) mass is 613 g/mol. The average Bonchev–Trinajstić information content (AvgIpc) is 3.45. The molecule has 43 heavy (non-hydrogen) atoms. The number of fused-ring (bicyclic) bond motifs is 1. The molecule has 0 bridgehead atoms. The molecule has 0 radical (unpaired) electrons. The van der Waals surface area contributed by atoms with Crippen molar-refractivity contribution in [3.63, 3.8) is 0 Å². The van der Waals surface area contributed by atoms with Crippen LogP contribution in [0.3, 0.4) is 0 Å². The van der Waals surface area contributed by atoms with E-state index in [0.717, 1.165) is 35.7 Å². The standard InChI is InChI=1S/C24H24ClN3O2.C6H8O7/c1-18-7-8-23-21(13-18)24(29)20(16-30-23)15-28(11-4-10-27-12-9-26-17-27)14-19-5-2-3-6-22(19)25;7-3(8)1-6(13,5(11)12)2-4(9)10/h2-3,5-9,12-13,16-17H,4,10-11,14-15H2,1H3;13H,1-2H2,(H,7,8)(H,9,10)(H,11,12). The van der Waals surface area contributed by atoms with Gasteiger partial charge in [-0.2, -0.15) is 0 Å². The molecule has 0 fully saturated rings. The minimum Gasteiger partial charge on any atom is -0.481 e. The van der Waals surface area contributed by atoms with Crippen LogP contribution in [0.4, 0.5) is 0 Å². The summed E-state index contributed by atoms with van der Waals surface area (Å²) < 4.78 is 7.81. The Morgan fingerprint density at radius 1 is 1.02 bits per heavy atom. The van der Waals surface area contributed by atoms with Crippen LogP contribution >= 0.6 is 11.6 Å². The molecule has 2 aromatic carbocycles. The van der Waals surface area contributed by atoms with Crippen LogP contribution in [0, 0.1) is 6.92 Å². The summed E-state index contributed by atoms with van der Waals surface area (Å²) in [6.07, 6.45) is 5.79. The molecular weight excluding hydrogens is 582 g/mol. The van der Waals surface area contributed by atoms with Crippen LogP contribution in [0.25, 0.3) is 11.0 Å². The third kappa shape index (κ3) is 9.77. The maximum Gasteiger partial charge on any atom is 0.336 e. The van der Waals surface area contributed by atoms with Crippen molar-refractivity contribution in [3.8, 4) is 0 Å². The van der Waals surface area contributed by atoms with E-state index in [9.17, 15) is 19.2 Å². The third-order valence-electron chi connectivity index (χ3n) is 6.48. The summed E-state index contributed by atoms with van der Waals surface area (Å²) in [4.78, 5) is 49.9. The molecule has 0 aliphatic rings. The van der Waals surface area contributed by atoms with Gasteiger partial charge in [0.2, 0.25) is 0 Å². The van der Waals surface area contributed by atoms with E-state index in [1.165, 1.54) is 0 Å². The quantitative estimate of drug-likeness (QED) is 0.172. The zero-order valence-corrected chi connectivity index (χ0v) is 24.1. The summed E-state index contributed by atoms with van der Waals surface area (Å²) in [5.74, 6) is -5.02. The normalized spacial score (nSPS) is 11.3. The van der Waals surface area contributed by atoms with Gasteiger partial charge in [-0.05, 0) is 37.1 Å². The lowest BCUT2D eigenvalue weighted by Crippen LogP contribution is -2.42. The van der Waals surface area contributed by atoms with E-state index in [2.05, 4.69) is 14.5 Å². The molecule has 4 N–H and O–H groups in total. The maximum atomic E-state index is 13.1. The van der Waals surface area contributed by atoms with Crippen LogP contribution in [-0.4, -0.2) is 64.9 Å². The van der Waals surface area contributed by atoms with E-state index < -0.39 is 36.4 Å². The predicted octanol–water partition coefficient (Wildman–Crippen LogP) is 3.80. The van der Waals surface area contributed by atoms with Gasteiger partial charge in [0, 0.05) is 49.2 Å². The van der Waals surface area contributed by atoms with Crippen molar-refractivity contribution in [1.82, 2.24) is 14.5 Å². The highest BCUT2D eigenvalue weighted by molar-refractivity contribution is 6.31. The van der Waals surface area contributed by atoms with Gasteiger partial charge < -0.3 is 29.4 Å². The van der Waals surface area contributed by atoms with Crippen LogP contribution < -0.4 is 5.43 Å². The van der Waals surface area contributed by atoms with Gasteiger partial charge in [0.1, 0.15) is 5.58 Å². The molecule has 0 atom stereocenters. The lowest BCUT2D eigenvalue weighted by molar-refractivity contribution is -0.170. The number of carboxylic acids is 3. The van der Waals surface area contributed by atoms with Crippen molar-refractivity contribution >= 4 is 40.5 Å². The molecule has 0 saturated heterocycles. The second-order valence-corrected chi connectivity index (χ2v) is 10.4. The van der Waals surface area contributed by atoms with E-state index in [1.54, 1.807) is 12.5 Å². The fourth-order valence-corrected chi connectivity index (χ4v) is 4.52. The van der Waals surface area contributed by atoms with Crippen molar-refractivity contribution in [3.05, 3.63) is 99.4 Å². The Bertz CT molecular complexity index is 1600. The highest BCUT2D eigenvalue weighted by atomic mass is 35.5. The van der Waals surface area contributed by atoms with Gasteiger partial charge in [-0.1, -0.05) is 41.4 Å². The van der Waals surface area contributed by atoms with E-state index in [1.807, 2.05) is 61.9 Å². The Labute approximate surface area is 251 Å². The van der Waals surface area contributed by atoms with Crippen LogP contribution in [0.2, 0.25) is 5.02 Å². The van der Waals surface area contributed by atoms with Gasteiger partial charge in [0.25, 0.3) is 0 Å². The fraction of sp³-hybridized carbons (Fsp3) is 0.300. The Morgan fingerprint density at radius 3 is 2.30 bits per heavy atom. The topological polar surface area (TPSA) is 183 Å². The summed E-state index contributed by atoms with van der Waals surface area (Å²) in [5, 5.41) is 35.2. The summed E-state index contributed by atoms with van der Waals surface area (Å²) in [7, 11) is 0. The molecule has 0 unspecified atom stereocenters. The molecule has 13 heteroatoms. The number of rotatable bonds is 13. The van der Waals surface area contributed by atoms with Crippen molar-refractivity contribution in [2.45, 2.75) is 51.4 Å². The highest BCUT2D eigenvalue weighted by Gasteiger charge is 2.40. The van der Waals surface area contributed by atoms with Crippen LogP contribution in [0.1, 0.15) is 36.0 Å². The van der Waals surface area contributed by atoms with E-state index in [4.69, 9.17) is 36.4 Å². The minimum absolute atomic E-state index is 0.0266. The number of aliphatic hydroxyl groups is 1. The summed E-state index contributed by atoms with van der Waals surface area (Å²) >= 11 is 6.39. The van der Waals surface area contributed by atoms with Gasteiger partial charge in [-0.25, -0.2) is 9.78 Å². The molecule has 0 aliphatic carbocycles. The molecular formula is C30H32ClN3O9. The Kier molecular flexibility index (Phi) is 11.6. The molecule has 2 heterocycles. The zero-order valence-electron chi connectivity index (χ0n) is 23.4. The largest absolute Gasteiger partial charge is 0.481 e. The maximum absolute atomic E-state index is 13.1. The molecule has 0 saturated carbocycles. The number of imidazole rings is 1. The molecule has 0 amide bonds. The predicted molar refractivity (Wildman–Crippen MR) is 157 cm³/mol. The average molecular weight is 614 g/mol. The summed E-state index contributed by atoms with van der Waals surface area (Å²) in [6, 6.07) is 13.5. The molecule has 0 spiro atoms. The van der Waals surface area contributed by atoms with Gasteiger partial charge in [-0.15, -0.1) is 0 Å². The molecule has 4 aromatic rings. The fourth-order valence-electron chi connectivity index (χ4n) is 4.33. The number of hydrogen-bond acceptors (Lipinski definition) is 8. The lowest BCUT2D eigenvalue weighted by Gasteiger charge is -2.23. The number of carbonyl (C=O) groups is 3.